The molecule has 1 aliphatic heterocycles. The Hall–Kier alpha value is -2.90. The molecule has 7 nitrogen and oxygen atoms in total. The number of halogens is 1. The molecule has 2 aromatic rings. The molecule has 3 rings (SSSR count). The van der Waals surface area contributed by atoms with Gasteiger partial charge < -0.3 is 20.5 Å². The lowest BCUT2D eigenvalue weighted by Crippen LogP contribution is -2.29. The number of unbranched alkanes of at least 4 members (excludes halogenated alkanes) is 2. The molecule has 0 spiro atoms. The molecule has 0 radical (unpaired) electrons. The topological polar surface area (TPSA) is 90.1 Å². The number of carbonyl (C=O) groups excluding carboxylic acids is 2. The third kappa shape index (κ3) is 5.55. The van der Waals surface area contributed by atoms with Crippen molar-refractivity contribution < 1.29 is 14.0 Å². The second kappa shape index (κ2) is 9.87. The SMILES string of the molecule is O=C(NCCCCCC1CCN(C(=O)c2[nH]ccc2F)C1)Nc1ccncc1. The van der Waals surface area contributed by atoms with Crippen LogP contribution in [0, 0.1) is 11.7 Å². The van der Waals surface area contributed by atoms with E-state index in [2.05, 4.69) is 20.6 Å². The molecule has 150 valence electrons. The lowest BCUT2D eigenvalue weighted by atomic mass is 10.0. The maximum atomic E-state index is 13.5. The number of nitrogens with zero attached hydrogens (tertiary/aromatic N) is 2. The summed E-state index contributed by atoms with van der Waals surface area (Å²) in [6, 6.07) is 4.53. The summed E-state index contributed by atoms with van der Waals surface area (Å²) in [5.41, 5.74) is 0.767. The van der Waals surface area contributed by atoms with Crippen molar-refractivity contribution in [3.63, 3.8) is 0 Å². The molecule has 28 heavy (non-hydrogen) atoms. The van der Waals surface area contributed by atoms with Crippen LogP contribution in [-0.4, -0.2) is 46.4 Å². The van der Waals surface area contributed by atoms with Crippen LogP contribution in [0.5, 0.6) is 0 Å². The van der Waals surface area contributed by atoms with Gasteiger partial charge in [0.2, 0.25) is 0 Å². The first-order valence-corrected chi connectivity index (χ1v) is 9.70. The highest BCUT2D eigenvalue weighted by Crippen LogP contribution is 2.23. The zero-order valence-electron chi connectivity index (χ0n) is 15.8. The second-order valence-corrected chi connectivity index (χ2v) is 7.07. The summed E-state index contributed by atoms with van der Waals surface area (Å²) in [5, 5.41) is 5.59. The van der Waals surface area contributed by atoms with Crippen LogP contribution >= 0.6 is 0 Å². The number of pyridine rings is 1. The van der Waals surface area contributed by atoms with Gasteiger partial charge in [-0.2, -0.15) is 0 Å². The van der Waals surface area contributed by atoms with Gasteiger partial charge in [-0.25, -0.2) is 9.18 Å². The Kier molecular flexibility index (Phi) is 7.00. The maximum absolute atomic E-state index is 13.5. The summed E-state index contributed by atoms with van der Waals surface area (Å²) in [7, 11) is 0. The van der Waals surface area contributed by atoms with Gasteiger partial charge in [-0.3, -0.25) is 9.78 Å². The van der Waals surface area contributed by atoms with E-state index in [1.54, 1.807) is 29.4 Å². The van der Waals surface area contributed by atoms with E-state index < -0.39 is 5.82 Å². The standard InChI is InChI=1S/C20H26FN5O2/c21-17-7-12-23-18(17)19(27)26-13-8-15(14-26)4-2-1-3-9-24-20(28)25-16-5-10-22-11-6-16/h5-7,10-12,15,23H,1-4,8-9,13-14H2,(H2,22,24,25,28). The minimum absolute atomic E-state index is 0.0526. The molecule has 1 saturated heterocycles. The van der Waals surface area contributed by atoms with Gasteiger partial charge >= 0.3 is 6.03 Å². The number of nitrogens with one attached hydrogen (secondary N) is 3. The van der Waals surface area contributed by atoms with Crippen LogP contribution in [0.4, 0.5) is 14.9 Å². The number of hydrogen-bond acceptors (Lipinski definition) is 3. The van der Waals surface area contributed by atoms with Crippen LogP contribution in [0.3, 0.4) is 0 Å². The molecular formula is C20H26FN5O2. The Morgan fingerprint density at radius 1 is 1.21 bits per heavy atom. The number of aromatic amines is 1. The van der Waals surface area contributed by atoms with Crippen LogP contribution in [0.2, 0.25) is 0 Å². The van der Waals surface area contributed by atoms with Gasteiger partial charge in [0.25, 0.3) is 5.91 Å². The molecule has 0 saturated carbocycles. The third-order valence-corrected chi connectivity index (χ3v) is 5.00. The fraction of sp³-hybridized carbons (Fsp3) is 0.450. The molecule has 2 aromatic heterocycles. The highest BCUT2D eigenvalue weighted by Gasteiger charge is 2.28. The van der Waals surface area contributed by atoms with Crippen LogP contribution in [-0.2, 0) is 0 Å². The fourth-order valence-corrected chi connectivity index (χ4v) is 3.47. The normalized spacial score (nSPS) is 16.2. The zero-order chi connectivity index (χ0) is 19.8. The van der Waals surface area contributed by atoms with E-state index >= 15 is 0 Å². The quantitative estimate of drug-likeness (QED) is 0.607. The summed E-state index contributed by atoms with van der Waals surface area (Å²) in [6.45, 7) is 1.99. The van der Waals surface area contributed by atoms with E-state index in [0.29, 0.717) is 31.2 Å². The van der Waals surface area contributed by atoms with E-state index in [-0.39, 0.29) is 17.6 Å². The molecule has 3 heterocycles. The lowest BCUT2D eigenvalue weighted by molar-refractivity contribution is 0.0776. The first kappa shape index (κ1) is 19.9. The van der Waals surface area contributed by atoms with E-state index in [1.165, 1.54) is 12.3 Å². The molecule has 1 unspecified atom stereocenters. The van der Waals surface area contributed by atoms with Gasteiger partial charge in [0.05, 0.1) is 0 Å². The number of rotatable bonds is 8. The minimum Gasteiger partial charge on any atom is -0.355 e. The van der Waals surface area contributed by atoms with E-state index in [9.17, 15) is 14.0 Å². The highest BCUT2D eigenvalue weighted by atomic mass is 19.1. The average Bonchev–Trinajstić information content (AvgIpc) is 3.34. The third-order valence-electron chi connectivity index (χ3n) is 5.00. The molecule has 1 aliphatic rings. The van der Waals surface area contributed by atoms with E-state index in [1.807, 2.05) is 0 Å². The van der Waals surface area contributed by atoms with Crippen molar-refractivity contribution in [1.82, 2.24) is 20.2 Å². The molecule has 0 aliphatic carbocycles. The van der Waals surface area contributed by atoms with Crippen molar-refractivity contribution in [3.8, 4) is 0 Å². The maximum Gasteiger partial charge on any atom is 0.319 e. The van der Waals surface area contributed by atoms with Gasteiger partial charge in [-0.1, -0.05) is 12.8 Å². The van der Waals surface area contributed by atoms with Crippen molar-refractivity contribution in [2.75, 3.05) is 25.0 Å². The highest BCUT2D eigenvalue weighted by molar-refractivity contribution is 5.92. The Morgan fingerprint density at radius 2 is 2.04 bits per heavy atom. The van der Waals surface area contributed by atoms with Crippen molar-refractivity contribution >= 4 is 17.6 Å². The number of amides is 3. The van der Waals surface area contributed by atoms with Gasteiger partial charge in [0, 0.05) is 43.9 Å². The fourth-order valence-electron chi connectivity index (χ4n) is 3.47. The van der Waals surface area contributed by atoms with Gasteiger partial charge in [-0.15, -0.1) is 0 Å². The molecule has 1 atom stereocenters. The molecule has 1 fully saturated rings. The van der Waals surface area contributed by atoms with Crippen LogP contribution in [0.15, 0.2) is 36.8 Å². The van der Waals surface area contributed by atoms with Crippen LogP contribution in [0.25, 0.3) is 0 Å². The molecule has 3 N–H and O–H groups in total. The molecule has 0 bridgehead atoms. The minimum atomic E-state index is -0.492. The van der Waals surface area contributed by atoms with Crippen LogP contribution < -0.4 is 10.6 Å². The van der Waals surface area contributed by atoms with E-state index in [4.69, 9.17) is 0 Å². The Balaban J connectivity index is 1.26. The van der Waals surface area contributed by atoms with Crippen molar-refractivity contribution in [2.24, 2.45) is 5.92 Å². The lowest BCUT2D eigenvalue weighted by Gasteiger charge is -2.16. The number of anilines is 1. The first-order chi connectivity index (χ1) is 13.6. The predicted octanol–water partition coefficient (Wildman–Crippen LogP) is 3.39. The smallest absolute Gasteiger partial charge is 0.319 e. The Bertz CT molecular complexity index is 780. The largest absolute Gasteiger partial charge is 0.355 e. The monoisotopic (exact) mass is 387 g/mol. The number of hydrogen-bond donors (Lipinski definition) is 3. The average molecular weight is 387 g/mol. The zero-order valence-corrected chi connectivity index (χ0v) is 15.8. The Morgan fingerprint density at radius 3 is 2.79 bits per heavy atom. The van der Waals surface area contributed by atoms with Crippen molar-refractivity contribution in [3.05, 3.63) is 48.3 Å². The van der Waals surface area contributed by atoms with Crippen LogP contribution in [0.1, 0.15) is 42.6 Å². The summed E-state index contributed by atoms with van der Waals surface area (Å²) in [5.74, 6) is -0.284. The predicted molar refractivity (Wildman–Crippen MR) is 104 cm³/mol. The number of carbonyl (C=O) groups is 2. The second-order valence-electron chi connectivity index (χ2n) is 7.07. The molecule has 8 heteroatoms. The van der Waals surface area contributed by atoms with E-state index in [0.717, 1.165) is 32.1 Å². The summed E-state index contributed by atoms with van der Waals surface area (Å²) in [4.78, 5) is 32.4. The molecule has 0 aromatic carbocycles. The van der Waals surface area contributed by atoms with Crippen molar-refractivity contribution in [1.29, 1.82) is 0 Å². The molecule has 3 amide bonds. The Labute approximate surface area is 163 Å². The van der Waals surface area contributed by atoms with Gasteiger partial charge in [0.1, 0.15) is 5.69 Å². The summed E-state index contributed by atoms with van der Waals surface area (Å²) >= 11 is 0. The molecular weight excluding hydrogens is 361 g/mol. The number of aromatic nitrogens is 2. The summed E-state index contributed by atoms with van der Waals surface area (Å²) in [6.07, 6.45) is 9.68. The van der Waals surface area contributed by atoms with Crippen molar-refractivity contribution in [2.45, 2.75) is 32.1 Å². The number of H-pyrrole nitrogens is 1. The van der Waals surface area contributed by atoms with Gasteiger partial charge in [-0.05, 0) is 43.4 Å². The summed E-state index contributed by atoms with van der Waals surface area (Å²) < 4.78 is 13.5. The first-order valence-electron chi connectivity index (χ1n) is 9.70. The number of likely N-dealkylation sites (tertiary alicyclic amines) is 1. The number of urea groups is 1. The van der Waals surface area contributed by atoms with Gasteiger partial charge in [0.15, 0.2) is 5.82 Å².